The maximum atomic E-state index is 12.4. The van der Waals surface area contributed by atoms with Gasteiger partial charge in [0.05, 0.1) is 26.9 Å². The molecule has 6 heteroatoms. The van der Waals surface area contributed by atoms with Crippen LogP contribution in [0.4, 0.5) is 0 Å². The van der Waals surface area contributed by atoms with E-state index in [-0.39, 0.29) is 17.2 Å². The van der Waals surface area contributed by atoms with Crippen molar-refractivity contribution < 1.29 is 4.79 Å². The molecule has 0 radical (unpaired) electrons. The van der Waals surface area contributed by atoms with Crippen molar-refractivity contribution >= 4 is 34.3 Å². The number of aromatic nitrogens is 2. The first kappa shape index (κ1) is 18.3. The minimum Gasteiger partial charge on any atom is -0.353 e. The Morgan fingerprint density at radius 2 is 2.08 bits per heavy atom. The summed E-state index contributed by atoms with van der Waals surface area (Å²) in [5.74, 6) is 0.00461. The highest BCUT2D eigenvalue weighted by Gasteiger charge is 2.21. The van der Waals surface area contributed by atoms with Gasteiger partial charge in [-0.15, -0.1) is 0 Å². The standard InChI is InChI=1S/C20H22N4OS/c1-5-14-10-18(26-13(4)20(25)22-12(2)3)24-17-9-7-6-8-16(17)23-19(24)15(14)11-21/h6-10,12-13H,5H2,1-4H3,(H,22,25)/t13-/m0/s1. The molecule has 3 aromatic rings. The molecule has 0 aliphatic heterocycles. The van der Waals surface area contributed by atoms with E-state index in [1.54, 1.807) is 0 Å². The number of pyridine rings is 1. The van der Waals surface area contributed by atoms with Gasteiger partial charge >= 0.3 is 0 Å². The van der Waals surface area contributed by atoms with Crippen LogP contribution in [0.15, 0.2) is 35.4 Å². The summed E-state index contributed by atoms with van der Waals surface area (Å²) in [7, 11) is 0. The zero-order valence-electron chi connectivity index (χ0n) is 15.4. The molecule has 0 unspecified atom stereocenters. The Bertz CT molecular complexity index is 1020. The van der Waals surface area contributed by atoms with Crippen molar-refractivity contribution in [3.63, 3.8) is 0 Å². The van der Waals surface area contributed by atoms with Gasteiger partial charge in [0.25, 0.3) is 0 Å². The van der Waals surface area contributed by atoms with Gasteiger partial charge in [-0.2, -0.15) is 5.26 Å². The molecule has 0 saturated carbocycles. The van der Waals surface area contributed by atoms with Crippen LogP contribution in [0.3, 0.4) is 0 Å². The minimum absolute atomic E-state index is 0.00461. The number of hydrogen-bond acceptors (Lipinski definition) is 4. The number of thioether (sulfide) groups is 1. The van der Waals surface area contributed by atoms with Gasteiger partial charge in [0, 0.05) is 6.04 Å². The molecule has 0 aliphatic rings. The van der Waals surface area contributed by atoms with Crippen molar-refractivity contribution in [1.29, 1.82) is 5.26 Å². The number of aryl methyl sites for hydroxylation is 1. The van der Waals surface area contributed by atoms with Gasteiger partial charge in [-0.1, -0.05) is 30.8 Å². The fourth-order valence-electron chi connectivity index (χ4n) is 2.97. The molecule has 0 saturated heterocycles. The maximum Gasteiger partial charge on any atom is 0.233 e. The van der Waals surface area contributed by atoms with Crippen molar-refractivity contribution in [2.24, 2.45) is 0 Å². The van der Waals surface area contributed by atoms with E-state index in [1.807, 2.05) is 62.4 Å². The summed E-state index contributed by atoms with van der Waals surface area (Å²) in [4.78, 5) is 17.0. The Kier molecular flexibility index (Phi) is 5.19. The van der Waals surface area contributed by atoms with Gasteiger partial charge in [-0.25, -0.2) is 4.98 Å². The Hall–Kier alpha value is -2.52. The van der Waals surface area contributed by atoms with E-state index in [1.165, 1.54) is 11.8 Å². The van der Waals surface area contributed by atoms with Crippen LogP contribution in [0.25, 0.3) is 16.7 Å². The molecule has 1 amide bonds. The lowest BCUT2D eigenvalue weighted by Crippen LogP contribution is -2.35. The average Bonchev–Trinajstić information content (AvgIpc) is 3.00. The molecule has 1 atom stereocenters. The summed E-state index contributed by atoms with van der Waals surface area (Å²) in [6.07, 6.45) is 0.739. The van der Waals surface area contributed by atoms with E-state index < -0.39 is 0 Å². The van der Waals surface area contributed by atoms with E-state index in [9.17, 15) is 10.1 Å². The van der Waals surface area contributed by atoms with Crippen LogP contribution in [-0.2, 0) is 11.2 Å². The lowest BCUT2D eigenvalue weighted by molar-refractivity contribution is -0.120. The van der Waals surface area contributed by atoms with Gasteiger partial charge < -0.3 is 5.32 Å². The number of nitrogens with one attached hydrogen (secondary N) is 1. The lowest BCUT2D eigenvalue weighted by atomic mass is 10.1. The predicted molar refractivity (Wildman–Crippen MR) is 105 cm³/mol. The second-order valence-electron chi connectivity index (χ2n) is 6.53. The molecular weight excluding hydrogens is 344 g/mol. The van der Waals surface area contributed by atoms with E-state index in [2.05, 4.69) is 16.4 Å². The van der Waals surface area contributed by atoms with Crippen molar-refractivity contribution in [3.8, 4) is 6.07 Å². The summed E-state index contributed by atoms with van der Waals surface area (Å²) >= 11 is 1.49. The maximum absolute atomic E-state index is 12.4. The smallest absolute Gasteiger partial charge is 0.233 e. The van der Waals surface area contributed by atoms with Crippen LogP contribution < -0.4 is 5.32 Å². The highest BCUT2D eigenvalue weighted by atomic mass is 32.2. The number of fused-ring (bicyclic) bond motifs is 3. The van der Waals surface area contributed by atoms with Crippen LogP contribution in [0.1, 0.15) is 38.8 Å². The lowest BCUT2D eigenvalue weighted by Gasteiger charge is -2.16. The molecule has 3 rings (SSSR count). The minimum atomic E-state index is -0.251. The van der Waals surface area contributed by atoms with Crippen molar-refractivity contribution in [2.45, 2.75) is 50.4 Å². The first-order valence-corrected chi connectivity index (χ1v) is 9.64. The Balaban J connectivity index is 2.18. The predicted octanol–water partition coefficient (Wildman–Crippen LogP) is 3.93. The number of rotatable bonds is 5. The van der Waals surface area contributed by atoms with Gasteiger partial charge in [-0.05, 0) is 51.0 Å². The summed E-state index contributed by atoms with van der Waals surface area (Å²) in [6.45, 7) is 7.83. The zero-order valence-corrected chi connectivity index (χ0v) is 16.2. The van der Waals surface area contributed by atoms with Crippen LogP contribution in [0.5, 0.6) is 0 Å². The summed E-state index contributed by atoms with van der Waals surface area (Å²) in [6, 6.07) is 12.3. The number of hydrogen-bond donors (Lipinski definition) is 1. The molecule has 134 valence electrons. The van der Waals surface area contributed by atoms with E-state index in [4.69, 9.17) is 0 Å². The van der Waals surface area contributed by atoms with Crippen molar-refractivity contribution in [2.75, 3.05) is 0 Å². The molecule has 0 bridgehead atoms. The number of imidazole rings is 1. The third-order valence-corrected chi connectivity index (χ3v) is 5.32. The van der Waals surface area contributed by atoms with Gasteiger partial charge in [0.15, 0.2) is 5.65 Å². The molecule has 26 heavy (non-hydrogen) atoms. The summed E-state index contributed by atoms with van der Waals surface area (Å²) in [5, 5.41) is 13.3. The van der Waals surface area contributed by atoms with E-state index >= 15 is 0 Å². The monoisotopic (exact) mass is 366 g/mol. The first-order valence-electron chi connectivity index (χ1n) is 8.76. The van der Waals surface area contributed by atoms with Gasteiger partial charge in [-0.3, -0.25) is 9.20 Å². The summed E-state index contributed by atoms with van der Waals surface area (Å²) in [5.41, 5.74) is 4.01. The Morgan fingerprint density at radius 3 is 2.73 bits per heavy atom. The van der Waals surface area contributed by atoms with Crippen molar-refractivity contribution in [1.82, 2.24) is 14.7 Å². The Labute approximate surface area is 157 Å². The number of amides is 1. The van der Waals surface area contributed by atoms with Crippen molar-refractivity contribution in [3.05, 3.63) is 41.5 Å². The molecule has 0 fully saturated rings. The second kappa shape index (κ2) is 7.38. The molecule has 1 N–H and O–H groups in total. The number of nitriles is 1. The van der Waals surface area contributed by atoms with Gasteiger partial charge in [0.1, 0.15) is 6.07 Å². The molecule has 0 aliphatic carbocycles. The second-order valence-corrected chi connectivity index (χ2v) is 7.89. The highest BCUT2D eigenvalue weighted by Crippen LogP contribution is 2.32. The highest BCUT2D eigenvalue weighted by molar-refractivity contribution is 8.00. The molecule has 0 spiro atoms. The zero-order chi connectivity index (χ0) is 18.8. The number of para-hydroxylation sites is 2. The largest absolute Gasteiger partial charge is 0.353 e. The number of carbonyl (C=O) groups excluding carboxylic acids is 1. The average molecular weight is 366 g/mol. The number of benzene rings is 1. The van der Waals surface area contributed by atoms with E-state index in [0.717, 1.165) is 28.0 Å². The third-order valence-electron chi connectivity index (χ3n) is 4.21. The van der Waals surface area contributed by atoms with Crippen LogP contribution in [0.2, 0.25) is 0 Å². The molecular formula is C20H22N4OS. The molecule has 5 nitrogen and oxygen atoms in total. The first-order chi connectivity index (χ1) is 12.5. The van der Waals surface area contributed by atoms with Crippen LogP contribution in [-0.4, -0.2) is 26.6 Å². The fourth-order valence-corrected chi connectivity index (χ4v) is 4.01. The fraction of sp³-hybridized carbons (Fsp3) is 0.350. The van der Waals surface area contributed by atoms with E-state index in [0.29, 0.717) is 11.2 Å². The topological polar surface area (TPSA) is 70.2 Å². The number of nitrogens with zero attached hydrogens (tertiary/aromatic N) is 3. The normalized spacial score (nSPS) is 12.5. The summed E-state index contributed by atoms with van der Waals surface area (Å²) < 4.78 is 2.00. The molecule has 2 aromatic heterocycles. The SMILES string of the molecule is CCc1cc(S[C@@H](C)C(=O)NC(C)C)n2c(nc3ccccc32)c1C#N. The third kappa shape index (κ3) is 3.27. The van der Waals surface area contributed by atoms with Gasteiger partial charge in [0.2, 0.25) is 5.91 Å². The quantitative estimate of drug-likeness (QED) is 0.695. The Morgan fingerprint density at radius 1 is 1.35 bits per heavy atom. The number of carbonyl (C=O) groups is 1. The van der Waals surface area contributed by atoms with Crippen LogP contribution in [0, 0.1) is 11.3 Å². The molecule has 2 heterocycles. The molecule has 1 aromatic carbocycles. The van der Waals surface area contributed by atoms with Crippen LogP contribution >= 0.6 is 11.8 Å².